The molecule has 0 nitrogen and oxygen atoms in total. The van der Waals surface area contributed by atoms with E-state index in [0.717, 1.165) is 5.02 Å². The first-order valence-corrected chi connectivity index (χ1v) is 7.99. The summed E-state index contributed by atoms with van der Waals surface area (Å²) in [5.41, 5.74) is 1.24. The summed E-state index contributed by atoms with van der Waals surface area (Å²) in [5, 5.41) is 0.801. The quantitative estimate of drug-likeness (QED) is 0.481. The molecule has 0 aromatic heterocycles. The highest BCUT2D eigenvalue weighted by Crippen LogP contribution is 2.07. The van der Waals surface area contributed by atoms with E-state index in [2.05, 4.69) is 0 Å². The maximum atomic E-state index is 5.61. The molecule has 67 valence electrons. The maximum Gasteiger partial charge on any atom is 0.376 e. The number of hydrogen-bond donors (Lipinski definition) is 0. The van der Waals surface area contributed by atoms with E-state index in [1.165, 1.54) is 5.56 Å². The molecule has 0 saturated carbocycles. The number of aryl methyl sites for hydroxylation is 1. The normalized spacial score (nSPS) is 9.17. The summed E-state index contributed by atoms with van der Waals surface area (Å²) in [7, 11) is 0. The van der Waals surface area contributed by atoms with Crippen molar-refractivity contribution < 1.29 is 0 Å². The minimum Gasteiger partial charge on any atom is -0.125 e. The van der Waals surface area contributed by atoms with Crippen molar-refractivity contribution in [3.05, 3.63) is 34.9 Å². The first-order chi connectivity index (χ1) is 5.52. The number of benzene rings is 1. The van der Waals surface area contributed by atoms with Crippen LogP contribution in [0.2, 0.25) is 5.02 Å². The Morgan fingerprint density at radius 3 is 1.58 bits per heavy atom. The summed E-state index contributed by atoms with van der Waals surface area (Å²) in [6.07, 6.45) is 0. The summed E-state index contributed by atoms with van der Waals surface area (Å²) >= 11 is 20.3. The molecule has 0 aliphatic carbocycles. The molecule has 0 aliphatic rings. The van der Waals surface area contributed by atoms with Gasteiger partial charge in [-0.2, -0.15) is 0 Å². The van der Waals surface area contributed by atoms with Crippen LogP contribution in [0.15, 0.2) is 24.3 Å². The van der Waals surface area contributed by atoms with Crippen LogP contribution in [0, 0.1) is 6.92 Å². The minimum atomic E-state index is -1.46. The zero-order valence-electron chi connectivity index (χ0n) is 6.32. The molecule has 0 unspecified atom stereocenters. The minimum absolute atomic E-state index is 0.801. The van der Waals surface area contributed by atoms with Gasteiger partial charge in [0.05, 0.1) is 0 Å². The zero-order valence-corrected chi connectivity index (χ0v) is 10.3. The third-order valence-corrected chi connectivity index (χ3v) is 1.26. The number of hydrogen-bond acceptors (Lipinski definition) is 0. The van der Waals surface area contributed by atoms with Crippen LogP contribution in [0.3, 0.4) is 0 Å². The Morgan fingerprint density at radius 1 is 1.00 bits per heavy atom. The molecule has 0 amide bonds. The molecular weight excluding hydrogens is 254 g/mol. The fraction of sp³-hybridized carbons (Fsp3) is 0.143. The van der Waals surface area contributed by atoms with Crippen LogP contribution >= 0.6 is 44.8 Å². The highest BCUT2D eigenvalue weighted by atomic mass is 35.8. The second kappa shape index (κ2) is 7.04. The SMILES string of the molecule is Cc1ccc(Cl)cc1.Cl[Si](Cl)Cl. The van der Waals surface area contributed by atoms with E-state index in [0.29, 0.717) is 0 Å². The summed E-state index contributed by atoms with van der Waals surface area (Å²) in [5.74, 6) is 0. The predicted molar refractivity (Wildman–Crippen MR) is 59.5 cm³/mol. The van der Waals surface area contributed by atoms with E-state index >= 15 is 0 Å². The van der Waals surface area contributed by atoms with E-state index in [4.69, 9.17) is 44.8 Å². The molecule has 12 heavy (non-hydrogen) atoms. The predicted octanol–water partition coefficient (Wildman–Crippen LogP) is 4.34. The lowest BCUT2D eigenvalue weighted by Gasteiger charge is -1.88. The zero-order chi connectivity index (χ0) is 9.56. The van der Waals surface area contributed by atoms with E-state index in [-0.39, 0.29) is 0 Å². The van der Waals surface area contributed by atoms with Crippen molar-refractivity contribution in [1.29, 1.82) is 0 Å². The monoisotopic (exact) mass is 259 g/mol. The van der Waals surface area contributed by atoms with Gasteiger partial charge in [0.1, 0.15) is 0 Å². The molecule has 0 spiro atoms. The fourth-order valence-electron chi connectivity index (χ4n) is 0.533. The molecule has 1 rings (SSSR count). The van der Waals surface area contributed by atoms with Gasteiger partial charge >= 0.3 is 6.73 Å². The van der Waals surface area contributed by atoms with Gasteiger partial charge in [-0.15, -0.1) is 33.2 Å². The molecule has 0 aliphatic heterocycles. The van der Waals surface area contributed by atoms with E-state index in [9.17, 15) is 0 Å². The van der Waals surface area contributed by atoms with E-state index in [1.54, 1.807) is 0 Å². The van der Waals surface area contributed by atoms with Crippen LogP contribution in [0.4, 0.5) is 0 Å². The molecule has 0 saturated heterocycles. The van der Waals surface area contributed by atoms with Gasteiger partial charge in [0, 0.05) is 5.02 Å². The largest absolute Gasteiger partial charge is 0.376 e. The summed E-state index contributed by atoms with van der Waals surface area (Å²) < 4.78 is 0. The molecule has 0 N–H and O–H groups in total. The Hall–Kier alpha value is 0.597. The number of rotatable bonds is 0. The lowest BCUT2D eigenvalue weighted by atomic mass is 10.2. The molecular formula is C7H7Cl4Si. The summed E-state index contributed by atoms with van der Waals surface area (Å²) in [6, 6.07) is 7.75. The average molecular weight is 261 g/mol. The van der Waals surface area contributed by atoms with Crippen LogP contribution in [0.25, 0.3) is 0 Å². The summed E-state index contributed by atoms with van der Waals surface area (Å²) in [6.45, 7) is 0.575. The Morgan fingerprint density at radius 2 is 1.33 bits per heavy atom. The molecule has 0 fully saturated rings. The molecule has 1 radical (unpaired) electrons. The molecule has 0 atom stereocenters. The highest BCUT2D eigenvalue weighted by Gasteiger charge is 1.88. The molecule has 0 heterocycles. The molecule has 1 aromatic rings. The van der Waals surface area contributed by atoms with Crippen molar-refractivity contribution >= 4 is 51.6 Å². The fourth-order valence-corrected chi connectivity index (χ4v) is 0.659. The van der Waals surface area contributed by atoms with Crippen LogP contribution in [-0.2, 0) is 0 Å². The topological polar surface area (TPSA) is 0 Å². The smallest absolute Gasteiger partial charge is 0.125 e. The van der Waals surface area contributed by atoms with Crippen molar-refractivity contribution in [2.45, 2.75) is 6.92 Å². The lowest BCUT2D eigenvalue weighted by molar-refractivity contribution is 1.48. The Balaban J connectivity index is 0.000000261. The van der Waals surface area contributed by atoms with Crippen molar-refractivity contribution in [3.8, 4) is 0 Å². The van der Waals surface area contributed by atoms with Crippen molar-refractivity contribution in [3.63, 3.8) is 0 Å². The van der Waals surface area contributed by atoms with Gasteiger partial charge in [0.2, 0.25) is 0 Å². The van der Waals surface area contributed by atoms with Gasteiger partial charge in [0.15, 0.2) is 0 Å². The Kier molecular flexibility index (Phi) is 7.39. The first kappa shape index (κ1) is 12.6. The Bertz CT molecular complexity index is 185. The second-order valence-electron chi connectivity index (χ2n) is 2.01. The lowest BCUT2D eigenvalue weighted by Crippen LogP contribution is -1.66. The van der Waals surface area contributed by atoms with E-state index < -0.39 is 6.73 Å². The third kappa shape index (κ3) is 8.69. The van der Waals surface area contributed by atoms with Crippen molar-refractivity contribution in [1.82, 2.24) is 0 Å². The second-order valence-corrected chi connectivity index (χ2v) is 8.02. The summed E-state index contributed by atoms with van der Waals surface area (Å²) in [4.78, 5) is 0. The molecule has 0 bridgehead atoms. The van der Waals surface area contributed by atoms with Gasteiger partial charge in [0.25, 0.3) is 0 Å². The highest BCUT2D eigenvalue weighted by molar-refractivity contribution is 7.54. The standard InChI is InChI=1S/C7H7Cl.Cl3Si/c1-6-2-4-7(8)5-3-6;1-4(2)3/h2-5H,1H3;. The molecule has 5 heteroatoms. The average Bonchev–Trinajstić information content (AvgIpc) is 1.94. The van der Waals surface area contributed by atoms with Crippen LogP contribution < -0.4 is 0 Å². The third-order valence-electron chi connectivity index (χ3n) is 1.01. The van der Waals surface area contributed by atoms with Crippen molar-refractivity contribution in [2.75, 3.05) is 0 Å². The van der Waals surface area contributed by atoms with Crippen LogP contribution in [0.5, 0.6) is 0 Å². The van der Waals surface area contributed by atoms with Crippen LogP contribution in [0.1, 0.15) is 5.56 Å². The van der Waals surface area contributed by atoms with Gasteiger partial charge in [-0.3, -0.25) is 0 Å². The van der Waals surface area contributed by atoms with Gasteiger partial charge < -0.3 is 0 Å². The van der Waals surface area contributed by atoms with Gasteiger partial charge in [-0.25, -0.2) is 0 Å². The number of halogens is 4. The van der Waals surface area contributed by atoms with Gasteiger partial charge in [-0.05, 0) is 19.1 Å². The van der Waals surface area contributed by atoms with Gasteiger partial charge in [-0.1, -0.05) is 29.3 Å². The van der Waals surface area contributed by atoms with Crippen LogP contribution in [-0.4, -0.2) is 6.73 Å². The Labute approximate surface area is 93.1 Å². The molecule has 1 aromatic carbocycles. The maximum absolute atomic E-state index is 5.61. The van der Waals surface area contributed by atoms with Crippen molar-refractivity contribution in [2.24, 2.45) is 0 Å². The van der Waals surface area contributed by atoms with E-state index in [1.807, 2.05) is 31.2 Å². The first-order valence-electron chi connectivity index (χ1n) is 3.08.